The fourth-order valence-electron chi connectivity index (χ4n) is 1.70. The molecule has 0 atom stereocenters. The molecule has 18 heavy (non-hydrogen) atoms. The molecule has 0 saturated carbocycles. The zero-order valence-electron chi connectivity index (χ0n) is 10.0. The first-order chi connectivity index (χ1) is 8.52. The van der Waals surface area contributed by atoms with Gasteiger partial charge in [-0.3, -0.25) is 0 Å². The summed E-state index contributed by atoms with van der Waals surface area (Å²) in [5.41, 5.74) is 2.25. The summed E-state index contributed by atoms with van der Waals surface area (Å²) < 4.78 is 6.26. The van der Waals surface area contributed by atoms with Crippen molar-refractivity contribution in [3.05, 3.63) is 39.7 Å². The molecule has 2 aromatic rings. The van der Waals surface area contributed by atoms with Gasteiger partial charge in [-0.05, 0) is 31.0 Å². The molecule has 1 aromatic heterocycles. The van der Waals surface area contributed by atoms with Crippen molar-refractivity contribution in [1.29, 1.82) is 0 Å². The summed E-state index contributed by atoms with van der Waals surface area (Å²) in [5.74, 6) is -0.812. The lowest BCUT2D eigenvalue weighted by Crippen LogP contribution is -1.98. The second-order valence-corrected chi connectivity index (χ2v) is 4.83. The van der Waals surface area contributed by atoms with Crippen LogP contribution < -0.4 is 0 Å². The van der Waals surface area contributed by atoms with Crippen molar-refractivity contribution in [2.24, 2.45) is 0 Å². The second kappa shape index (κ2) is 4.94. The van der Waals surface area contributed by atoms with Crippen LogP contribution in [0.5, 0.6) is 0 Å². The minimum Gasteiger partial charge on any atom is -0.475 e. The molecule has 5 heteroatoms. The van der Waals surface area contributed by atoms with E-state index >= 15 is 0 Å². The van der Waals surface area contributed by atoms with Crippen LogP contribution in [0.15, 0.2) is 27.1 Å². The third-order valence-corrected chi connectivity index (χ3v) is 3.15. The predicted octanol–water partition coefficient (Wildman–Crippen LogP) is 3.67. The predicted molar refractivity (Wildman–Crippen MR) is 70.7 cm³/mol. The first kappa shape index (κ1) is 12.8. The highest BCUT2D eigenvalue weighted by atomic mass is 79.9. The van der Waals surface area contributed by atoms with Crippen LogP contribution in [-0.4, -0.2) is 16.1 Å². The van der Waals surface area contributed by atoms with Gasteiger partial charge >= 0.3 is 5.97 Å². The van der Waals surface area contributed by atoms with Crippen molar-refractivity contribution in [3.63, 3.8) is 0 Å². The first-order valence-corrected chi connectivity index (χ1v) is 6.31. The molecule has 1 aromatic carbocycles. The number of hydrogen-bond acceptors (Lipinski definition) is 3. The summed E-state index contributed by atoms with van der Waals surface area (Å²) in [4.78, 5) is 15.3. The van der Waals surface area contributed by atoms with Crippen molar-refractivity contribution in [2.45, 2.75) is 20.3 Å². The van der Waals surface area contributed by atoms with Gasteiger partial charge in [-0.2, -0.15) is 0 Å². The average molecular weight is 310 g/mol. The normalized spacial score (nSPS) is 10.6. The molecule has 0 fully saturated rings. The number of hydrogen-bond donors (Lipinski definition) is 1. The lowest BCUT2D eigenvalue weighted by Gasteiger charge is -2.01. The molecule has 4 nitrogen and oxygen atoms in total. The van der Waals surface area contributed by atoms with E-state index in [1.807, 2.05) is 32.0 Å². The maximum absolute atomic E-state index is 11.0. The van der Waals surface area contributed by atoms with Gasteiger partial charge in [0, 0.05) is 10.0 Å². The summed E-state index contributed by atoms with van der Waals surface area (Å²) in [6.07, 6.45) is 0.526. The van der Waals surface area contributed by atoms with Gasteiger partial charge in [-0.25, -0.2) is 9.78 Å². The molecule has 0 unspecified atom stereocenters. The second-order valence-electron chi connectivity index (χ2n) is 3.91. The number of halogens is 1. The minimum absolute atomic E-state index is 0.0770. The Balaban J connectivity index is 2.57. The highest BCUT2D eigenvalue weighted by molar-refractivity contribution is 9.10. The lowest BCUT2D eigenvalue weighted by atomic mass is 10.1. The number of carboxylic acids is 1. The Morgan fingerprint density at radius 2 is 2.22 bits per heavy atom. The Morgan fingerprint density at radius 1 is 1.50 bits per heavy atom. The Bertz CT molecular complexity index is 604. The SMILES string of the molecule is CCc1nc(-c2cc(Br)ccc2C)oc1C(=O)O. The molecular formula is C13H12BrNO3. The maximum Gasteiger partial charge on any atom is 0.373 e. The smallest absolute Gasteiger partial charge is 0.373 e. The van der Waals surface area contributed by atoms with Gasteiger partial charge in [0.15, 0.2) is 0 Å². The monoisotopic (exact) mass is 309 g/mol. The molecule has 0 aliphatic rings. The van der Waals surface area contributed by atoms with Gasteiger partial charge < -0.3 is 9.52 Å². The van der Waals surface area contributed by atoms with Gasteiger partial charge in [0.2, 0.25) is 11.7 Å². The number of oxazole rings is 1. The number of carboxylic acid groups (broad SMARTS) is 1. The lowest BCUT2D eigenvalue weighted by molar-refractivity contribution is 0.0662. The fraction of sp³-hybridized carbons (Fsp3) is 0.231. The molecule has 2 rings (SSSR count). The first-order valence-electron chi connectivity index (χ1n) is 5.52. The summed E-state index contributed by atoms with van der Waals surface area (Å²) in [6.45, 7) is 3.78. The summed E-state index contributed by atoms with van der Waals surface area (Å²) in [6, 6.07) is 5.71. The van der Waals surface area contributed by atoms with Crippen LogP contribution in [0.3, 0.4) is 0 Å². The number of nitrogens with zero attached hydrogens (tertiary/aromatic N) is 1. The molecule has 0 radical (unpaired) electrons. The van der Waals surface area contributed by atoms with Crippen LogP contribution in [0, 0.1) is 6.92 Å². The van der Waals surface area contributed by atoms with Crippen LogP contribution in [0.2, 0.25) is 0 Å². The highest BCUT2D eigenvalue weighted by Crippen LogP contribution is 2.28. The van der Waals surface area contributed by atoms with Gasteiger partial charge in [0.1, 0.15) is 0 Å². The van der Waals surface area contributed by atoms with E-state index in [9.17, 15) is 4.79 Å². The topological polar surface area (TPSA) is 63.3 Å². The highest BCUT2D eigenvalue weighted by Gasteiger charge is 2.19. The molecule has 1 heterocycles. The van der Waals surface area contributed by atoms with E-state index in [2.05, 4.69) is 20.9 Å². The quantitative estimate of drug-likeness (QED) is 0.939. The average Bonchev–Trinajstić information content (AvgIpc) is 2.76. The van der Waals surface area contributed by atoms with E-state index in [4.69, 9.17) is 9.52 Å². The number of benzene rings is 1. The largest absolute Gasteiger partial charge is 0.475 e. The standard InChI is InChI=1S/C13H12BrNO3/c1-3-10-11(13(16)17)18-12(15-10)9-6-8(14)5-4-7(9)2/h4-6H,3H2,1-2H3,(H,16,17). The van der Waals surface area contributed by atoms with Gasteiger partial charge in [-0.15, -0.1) is 0 Å². The zero-order chi connectivity index (χ0) is 13.3. The molecule has 0 aliphatic heterocycles. The number of rotatable bonds is 3. The fourth-order valence-corrected chi connectivity index (χ4v) is 2.06. The molecular weight excluding hydrogens is 298 g/mol. The van der Waals surface area contributed by atoms with Crippen LogP contribution in [0.25, 0.3) is 11.5 Å². The minimum atomic E-state index is -1.08. The van der Waals surface area contributed by atoms with Gasteiger partial charge in [0.05, 0.1) is 5.69 Å². The summed E-state index contributed by atoms with van der Waals surface area (Å²) in [5, 5.41) is 9.04. The van der Waals surface area contributed by atoms with Crippen molar-refractivity contribution >= 4 is 21.9 Å². The zero-order valence-corrected chi connectivity index (χ0v) is 11.6. The van der Waals surface area contributed by atoms with E-state index in [0.717, 1.165) is 15.6 Å². The van der Waals surface area contributed by atoms with Gasteiger partial charge in [-0.1, -0.05) is 28.9 Å². The third-order valence-electron chi connectivity index (χ3n) is 2.66. The van der Waals surface area contributed by atoms with Crippen LogP contribution in [0.4, 0.5) is 0 Å². The van der Waals surface area contributed by atoms with Crippen LogP contribution in [0.1, 0.15) is 28.7 Å². The Labute approximate surface area is 113 Å². The van der Waals surface area contributed by atoms with Crippen molar-refractivity contribution in [3.8, 4) is 11.5 Å². The number of aryl methyl sites for hydroxylation is 2. The van der Waals surface area contributed by atoms with Crippen molar-refractivity contribution < 1.29 is 14.3 Å². The molecule has 0 saturated heterocycles. The number of aromatic nitrogens is 1. The number of aromatic carboxylic acids is 1. The Kier molecular flexibility index (Phi) is 3.52. The number of carbonyl (C=O) groups is 1. The maximum atomic E-state index is 11.0. The molecule has 0 bridgehead atoms. The summed E-state index contributed by atoms with van der Waals surface area (Å²) >= 11 is 3.38. The van der Waals surface area contributed by atoms with Gasteiger partial charge in [0.25, 0.3) is 0 Å². The van der Waals surface area contributed by atoms with E-state index in [1.165, 1.54) is 0 Å². The van der Waals surface area contributed by atoms with E-state index in [0.29, 0.717) is 18.0 Å². The van der Waals surface area contributed by atoms with E-state index < -0.39 is 5.97 Å². The molecule has 94 valence electrons. The Morgan fingerprint density at radius 3 is 2.78 bits per heavy atom. The third kappa shape index (κ3) is 2.31. The van der Waals surface area contributed by atoms with Crippen LogP contribution >= 0.6 is 15.9 Å². The van der Waals surface area contributed by atoms with Crippen molar-refractivity contribution in [1.82, 2.24) is 4.98 Å². The van der Waals surface area contributed by atoms with E-state index in [-0.39, 0.29) is 5.76 Å². The van der Waals surface area contributed by atoms with Crippen LogP contribution in [-0.2, 0) is 6.42 Å². The summed E-state index contributed by atoms with van der Waals surface area (Å²) in [7, 11) is 0. The molecule has 0 spiro atoms. The molecule has 0 aliphatic carbocycles. The Hall–Kier alpha value is -1.62. The molecule has 1 N–H and O–H groups in total. The van der Waals surface area contributed by atoms with E-state index in [1.54, 1.807) is 0 Å². The van der Waals surface area contributed by atoms with Crippen molar-refractivity contribution in [2.75, 3.05) is 0 Å². The molecule has 0 amide bonds.